The number of benzene rings is 1. The summed E-state index contributed by atoms with van der Waals surface area (Å²) >= 11 is 6.17. The van der Waals surface area contributed by atoms with Gasteiger partial charge in [0.05, 0.1) is 18.7 Å². The summed E-state index contributed by atoms with van der Waals surface area (Å²) < 4.78 is 10.7. The van der Waals surface area contributed by atoms with Crippen molar-refractivity contribution >= 4 is 17.5 Å². The second-order valence-corrected chi connectivity index (χ2v) is 4.83. The number of rotatable bonds is 4. The molecule has 0 radical (unpaired) electrons. The van der Waals surface area contributed by atoms with E-state index in [1.165, 1.54) is 7.11 Å². The van der Waals surface area contributed by atoms with Crippen LogP contribution in [-0.4, -0.2) is 37.6 Å². The molecule has 0 aromatic heterocycles. The fourth-order valence-corrected chi connectivity index (χ4v) is 2.50. The Morgan fingerprint density at radius 1 is 1.37 bits per heavy atom. The first kappa shape index (κ1) is 14.0. The van der Waals surface area contributed by atoms with Crippen molar-refractivity contribution < 1.29 is 14.3 Å². The van der Waals surface area contributed by atoms with Gasteiger partial charge < -0.3 is 14.4 Å². The molecular formula is C14H18ClNO3. The molecule has 1 amide bonds. The molecule has 1 saturated heterocycles. The normalized spacial score (nSPS) is 14.6. The number of nitrogens with zero attached hydrogens (tertiary/aromatic N) is 1. The molecule has 4 nitrogen and oxygen atoms in total. The molecule has 1 aromatic rings. The van der Waals surface area contributed by atoms with E-state index in [0.717, 1.165) is 25.9 Å². The highest BCUT2D eigenvalue weighted by Crippen LogP contribution is 2.36. The first-order valence-corrected chi connectivity index (χ1v) is 6.84. The first-order valence-electron chi connectivity index (χ1n) is 6.47. The minimum atomic E-state index is 0.000693. The number of hydrogen-bond acceptors (Lipinski definition) is 3. The van der Waals surface area contributed by atoms with Gasteiger partial charge in [-0.1, -0.05) is 11.6 Å². The van der Waals surface area contributed by atoms with Crippen LogP contribution in [0.3, 0.4) is 0 Å². The van der Waals surface area contributed by atoms with Gasteiger partial charge in [-0.2, -0.15) is 0 Å². The van der Waals surface area contributed by atoms with E-state index in [0.29, 0.717) is 28.7 Å². The molecular weight excluding hydrogens is 266 g/mol. The lowest BCUT2D eigenvalue weighted by molar-refractivity contribution is 0.0792. The molecule has 0 aliphatic carbocycles. The molecule has 0 atom stereocenters. The largest absolute Gasteiger partial charge is 0.493 e. The minimum absolute atomic E-state index is 0.000693. The minimum Gasteiger partial charge on any atom is -0.493 e. The van der Waals surface area contributed by atoms with Gasteiger partial charge in [-0.15, -0.1) is 0 Å². The van der Waals surface area contributed by atoms with Gasteiger partial charge in [-0.25, -0.2) is 0 Å². The van der Waals surface area contributed by atoms with Crippen LogP contribution in [0.1, 0.15) is 30.1 Å². The lowest BCUT2D eigenvalue weighted by atomic mass is 10.1. The summed E-state index contributed by atoms with van der Waals surface area (Å²) in [5.41, 5.74) is 0.548. The van der Waals surface area contributed by atoms with Crippen molar-refractivity contribution in [3.8, 4) is 11.5 Å². The van der Waals surface area contributed by atoms with Crippen LogP contribution in [0.25, 0.3) is 0 Å². The standard InChI is InChI=1S/C14H18ClNO3/c1-3-19-13-11(15)8-10(9-12(13)18-2)14(17)16-6-4-5-7-16/h8-9H,3-7H2,1-2H3. The van der Waals surface area contributed by atoms with Crippen molar-refractivity contribution in [3.05, 3.63) is 22.7 Å². The van der Waals surface area contributed by atoms with Crippen LogP contribution in [-0.2, 0) is 0 Å². The molecule has 1 aromatic carbocycles. The Morgan fingerprint density at radius 3 is 2.63 bits per heavy atom. The molecule has 2 rings (SSSR count). The molecule has 19 heavy (non-hydrogen) atoms. The molecule has 1 heterocycles. The average molecular weight is 284 g/mol. The predicted molar refractivity (Wildman–Crippen MR) is 74.3 cm³/mol. The van der Waals surface area contributed by atoms with Crippen LogP contribution in [0.15, 0.2) is 12.1 Å². The third-order valence-electron chi connectivity index (χ3n) is 3.16. The molecule has 1 aliphatic rings. The summed E-state index contributed by atoms with van der Waals surface area (Å²) in [5, 5.41) is 0.406. The van der Waals surface area contributed by atoms with E-state index in [1.807, 2.05) is 11.8 Å². The summed E-state index contributed by atoms with van der Waals surface area (Å²) in [5.74, 6) is 0.988. The third kappa shape index (κ3) is 2.95. The fourth-order valence-electron chi connectivity index (χ4n) is 2.23. The Labute approximate surface area is 118 Å². The number of carbonyl (C=O) groups is 1. The van der Waals surface area contributed by atoms with E-state index < -0.39 is 0 Å². The molecule has 104 valence electrons. The Hall–Kier alpha value is -1.42. The van der Waals surface area contributed by atoms with E-state index in [2.05, 4.69) is 0 Å². The monoisotopic (exact) mass is 283 g/mol. The number of methoxy groups -OCH3 is 1. The molecule has 0 spiro atoms. The molecule has 0 unspecified atom stereocenters. The molecule has 5 heteroatoms. The summed E-state index contributed by atoms with van der Waals surface area (Å²) in [4.78, 5) is 14.1. The Morgan fingerprint density at radius 2 is 2.05 bits per heavy atom. The lowest BCUT2D eigenvalue weighted by Gasteiger charge is -2.17. The van der Waals surface area contributed by atoms with Crippen molar-refractivity contribution in [2.24, 2.45) is 0 Å². The predicted octanol–water partition coefficient (Wildman–Crippen LogP) is 2.98. The third-order valence-corrected chi connectivity index (χ3v) is 3.44. The number of ether oxygens (including phenoxy) is 2. The lowest BCUT2D eigenvalue weighted by Crippen LogP contribution is -2.27. The molecule has 1 aliphatic heterocycles. The van der Waals surface area contributed by atoms with Gasteiger partial charge in [0.2, 0.25) is 0 Å². The summed E-state index contributed by atoms with van der Waals surface area (Å²) in [6.45, 7) is 3.99. The van der Waals surface area contributed by atoms with Gasteiger partial charge in [-0.3, -0.25) is 4.79 Å². The van der Waals surface area contributed by atoms with Crippen molar-refractivity contribution in [2.45, 2.75) is 19.8 Å². The van der Waals surface area contributed by atoms with Crippen LogP contribution in [0.5, 0.6) is 11.5 Å². The van der Waals surface area contributed by atoms with E-state index in [9.17, 15) is 4.79 Å². The topological polar surface area (TPSA) is 38.8 Å². The van der Waals surface area contributed by atoms with Gasteiger partial charge in [0.1, 0.15) is 0 Å². The number of halogens is 1. The summed E-state index contributed by atoms with van der Waals surface area (Å²) in [7, 11) is 1.54. The quantitative estimate of drug-likeness (QED) is 0.853. The highest BCUT2D eigenvalue weighted by atomic mass is 35.5. The van der Waals surface area contributed by atoms with E-state index >= 15 is 0 Å². The van der Waals surface area contributed by atoms with Crippen molar-refractivity contribution in [1.82, 2.24) is 4.90 Å². The Kier molecular flexibility index (Phi) is 4.53. The molecule has 1 fully saturated rings. The van der Waals surface area contributed by atoms with Gasteiger partial charge in [0.15, 0.2) is 11.5 Å². The number of likely N-dealkylation sites (tertiary alicyclic amines) is 1. The molecule has 0 N–H and O–H groups in total. The van der Waals surface area contributed by atoms with Crippen LogP contribution >= 0.6 is 11.6 Å². The zero-order valence-corrected chi connectivity index (χ0v) is 12.0. The Bertz CT molecular complexity index is 470. The van der Waals surface area contributed by atoms with E-state index in [-0.39, 0.29) is 5.91 Å². The SMILES string of the molecule is CCOc1c(Cl)cc(C(=O)N2CCCC2)cc1OC. The van der Waals surface area contributed by atoms with Crippen molar-refractivity contribution in [2.75, 3.05) is 26.8 Å². The van der Waals surface area contributed by atoms with E-state index in [4.69, 9.17) is 21.1 Å². The zero-order chi connectivity index (χ0) is 13.8. The van der Waals surface area contributed by atoms with Gasteiger partial charge in [-0.05, 0) is 31.9 Å². The maximum atomic E-state index is 12.3. The van der Waals surface area contributed by atoms with Crippen molar-refractivity contribution in [1.29, 1.82) is 0 Å². The molecule has 0 saturated carbocycles. The second kappa shape index (κ2) is 6.15. The number of carbonyl (C=O) groups excluding carboxylic acids is 1. The van der Waals surface area contributed by atoms with Crippen LogP contribution in [0, 0.1) is 0 Å². The zero-order valence-electron chi connectivity index (χ0n) is 11.2. The van der Waals surface area contributed by atoms with Gasteiger partial charge >= 0.3 is 0 Å². The molecule has 0 bridgehead atoms. The summed E-state index contributed by atoms with van der Waals surface area (Å²) in [6, 6.07) is 3.34. The van der Waals surface area contributed by atoms with Crippen LogP contribution < -0.4 is 9.47 Å². The maximum absolute atomic E-state index is 12.3. The first-order chi connectivity index (χ1) is 9.17. The average Bonchev–Trinajstić information content (AvgIpc) is 2.94. The van der Waals surface area contributed by atoms with E-state index in [1.54, 1.807) is 12.1 Å². The fraction of sp³-hybridized carbons (Fsp3) is 0.500. The highest BCUT2D eigenvalue weighted by molar-refractivity contribution is 6.32. The highest BCUT2D eigenvalue weighted by Gasteiger charge is 2.22. The van der Waals surface area contributed by atoms with Crippen molar-refractivity contribution in [3.63, 3.8) is 0 Å². The van der Waals surface area contributed by atoms with Crippen LogP contribution in [0.2, 0.25) is 5.02 Å². The maximum Gasteiger partial charge on any atom is 0.254 e. The van der Waals surface area contributed by atoms with Crippen LogP contribution in [0.4, 0.5) is 0 Å². The van der Waals surface area contributed by atoms with Gasteiger partial charge in [0, 0.05) is 18.7 Å². The second-order valence-electron chi connectivity index (χ2n) is 4.42. The number of amides is 1. The summed E-state index contributed by atoms with van der Waals surface area (Å²) in [6.07, 6.45) is 2.13. The van der Waals surface area contributed by atoms with Gasteiger partial charge in [0.25, 0.3) is 5.91 Å². The number of hydrogen-bond donors (Lipinski definition) is 0. The Balaban J connectivity index is 2.31. The smallest absolute Gasteiger partial charge is 0.254 e.